The average molecular weight is 495 g/mol. The molecule has 2 N–H and O–H groups in total. The summed E-state index contributed by atoms with van der Waals surface area (Å²) in [7, 11) is 0. The molecule has 0 spiro atoms. The van der Waals surface area contributed by atoms with Gasteiger partial charge >= 0.3 is 12.1 Å². The largest absolute Gasteiger partial charge is 0.489 e. The van der Waals surface area contributed by atoms with Gasteiger partial charge in [-0.15, -0.1) is 0 Å². The van der Waals surface area contributed by atoms with Crippen molar-refractivity contribution in [1.29, 1.82) is 0 Å². The van der Waals surface area contributed by atoms with E-state index < -0.39 is 23.3 Å². The van der Waals surface area contributed by atoms with Gasteiger partial charge in [0.25, 0.3) is 0 Å². The third kappa shape index (κ3) is 3.29. The molecular formula is C29H25F3O4. The van der Waals surface area contributed by atoms with Crippen molar-refractivity contribution in [3.63, 3.8) is 0 Å². The Hall–Kier alpha value is -3.32. The zero-order valence-corrected chi connectivity index (χ0v) is 19.6. The molecule has 0 aromatic heterocycles. The summed E-state index contributed by atoms with van der Waals surface area (Å²) in [5, 5.41) is 21.0. The van der Waals surface area contributed by atoms with Crippen molar-refractivity contribution in [2.24, 2.45) is 11.8 Å². The van der Waals surface area contributed by atoms with Gasteiger partial charge in [0.2, 0.25) is 0 Å². The van der Waals surface area contributed by atoms with Crippen LogP contribution in [0.3, 0.4) is 0 Å². The first-order chi connectivity index (χ1) is 17.0. The number of hydrogen-bond donors (Lipinski definition) is 2. The number of benzene rings is 3. The second-order valence-electron chi connectivity index (χ2n) is 10.4. The maximum atomic E-state index is 13.7. The van der Waals surface area contributed by atoms with Crippen molar-refractivity contribution in [3.05, 3.63) is 99.6 Å². The molecule has 3 aromatic rings. The quantitative estimate of drug-likeness (QED) is 0.484. The molecule has 0 heterocycles. The minimum atomic E-state index is -4.56. The second kappa shape index (κ2) is 7.59. The van der Waals surface area contributed by atoms with E-state index in [1.165, 1.54) is 18.2 Å². The number of carbonyl (C=O) groups is 1. The number of carboxylic acids is 1. The van der Waals surface area contributed by atoms with E-state index in [2.05, 4.69) is 0 Å². The zero-order chi connectivity index (χ0) is 25.5. The summed E-state index contributed by atoms with van der Waals surface area (Å²) < 4.78 is 47.1. The molecule has 0 saturated heterocycles. The van der Waals surface area contributed by atoms with Crippen LogP contribution in [0.5, 0.6) is 5.75 Å². The predicted octanol–water partition coefficient (Wildman–Crippen LogP) is 5.61. The molecular weight excluding hydrogens is 469 g/mol. The lowest BCUT2D eigenvalue weighted by atomic mass is 9.84. The Morgan fingerprint density at radius 3 is 2.56 bits per heavy atom. The molecule has 4 unspecified atom stereocenters. The molecule has 0 amide bonds. The van der Waals surface area contributed by atoms with Crippen LogP contribution in [0.4, 0.5) is 13.2 Å². The van der Waals surface area contributed by atoms with E-state index in [1.807, 2.05) is 37.3 Å². The summed E-state index contributed by atoms with van der Waals surface area (Å²) in [6.45, 7) is 2.20. The van der Waals surface area contributed by atoms with Crippen molar-refractivity contribution in [2.75, 3.05) is 0 Å². The topological polar surface area (TPSA) is 66.8 Å². The molecule has 3 aromatic carbocycles. The van der Waals surface area contributed by atoms with E-state index in [0.29, 0.717) is 24.2 Å². The van der Waals surface area contributed by atoms with Gasteiger partial charge in [0.1, 0.15) is 18.0 Å². The maximum absolute atomic E-state index is 13.7. The number of ether oxygens (including phenoxy) is 1. The first kappa shape index (κ1) is 23.1. The lowest BCUT2D eigenvalue weighted by Gasteiger charge is -2.28. The monoisotopic (exact) mass is 494 g/mol. The van der Waals surface area contributed by atoms with Crippen LogP contribution in [0.1, 0.15) is 52.3 Å². The molecule has 4 atom stereocenters. The second-order valence-corrected chi connectivity index (χ2v) is 10.4. The number of aliphatic carboxylic acids is 1. The molecule has 0 aliphatic heterocycles. The number of rotatable bonds is 5. The summed E-state index contributed by atoms with van der Waals surface area (Å²) in [6.07, 6.45) is -3.18. The number of hydrogen-bond acceptors (Lipinski definition) is 3. The number of fused-ring (bicyclic) bond motifs is 4. The number of aryl methyl sites for hydroxylation is 1. The third-order valence-corrected chi connectivity index (χ3v) is 8.53. The predicted molar refractivity (Wildman–Crippen MR) is 126 cm³/mol. The molecule has 3 aliphatic carbocycles. The lowest BCUT2D eigenvalue weighted by molar-refractivity contribution is -0.140. The number of alkyl halides is 3. The Morgan fingerprint density at radius 1 is 1.03 bits per heavy atom. The number of aliphatic hydroxyl groups is 1. The van der Waals surface area contributed by atoms with Crippen LogP contribution in [0.25, 0.3) is 0 Å². The summed E-state index contributed by atoms with van der Waals surface area (Å²) in [5.41, 5.74) is 1.26. The molecule has 0 bridgehead atoms. The van der Waals surface area contributed by atoms with Crippen LogP contribution in [0.15, 0.2) is 60.7 Å². The van der Waals surface area contributed by atoms with Crippen LogP contribution in [0, 0.1) is 11.8 Å². The van der Waals surface area contributed by atoms with Gasteiger partial charge in [0.05, 0.1) is 11.5 Å². The summed E-state index contributed by atoms with van der Waals surface area (Å²) in [5.74, 6) is -0.301. The highest BCUT2D eigenvalue weighted by Crippen LogP contribution is 2.66. The highest BCUT2D eigenvalue weighted by atomic mass is 19.4. The maximum Gasteiger partial charge on any atom is 0.416 e. The minimum Gasteiger partial charge on any atom is -0.489 e. The molecule has 0 radical (unpaired) electrons. The van der Waals surface area contributed by atoms with Crippen molar-refractivity contribution >= 4 is 5.97 Å². The molecule has 1 saturated carbocycles. The van der Waals surface area contributed by atoms with E-state index >= 15 is 0 Å². The highest BCUT2D eigenvalue weighted by molar-refractivity contribution is 5.80. The molecule has 6 rings (SSSR count). The van der Waals surface area contributed by atoms with E-state index in [0.717, 1.165) is 28.3 Å². The average Bonchev–Trinajstić information content (AvgIpc) is 3.13. The van der Waals surface area contributed by atoms with Gasteiger partial charge in [-0.2, -0.15) is 13.2 Å². The van der Waals surface area contributed by atoms with Crippen LogP contribution < -0.4 is 4.74 Å². The minimum absolute atomic E-state index is 0.120. The first-order valence-electron chi connectivity index (χ1n) is 12.0. The van der Waals surface area contributed by atoms with Gasteiger partial charge in [-0.25, -0.2) is 0 Å². The summed E-state index contributed by atoms with van der Waals surface area (Å²) in [6, 6.07) is 16.4. The Bertz CT molecular complexity index is 1400. The normalized spacial score (nSPS) is 27.8. The van der Waals surface area contributed by atoms with Crippen LogP contribution in [-0.2, 0) is 41.4 Å². The summed E-state index contributed by atoms with van der Waals surface area (Å²) >= 11 is 0. The number of carboxylic acid groups (broad SMARTS) is 1. The highest BCUT2D eigenvalue weighted by Gasteiger charge is 2.69. The molecule has 36 heavy (non-hydrogen) atoms. The Kier molecular flexibility index (Phi) is 4.87. The standard InChI is InChI=1S/C29H25F3O4/c1-27-20-9-8-19(13-18(20)14-24(27)25(27)26(33)34)36-15-16-6-7-17-10-11-28(35,23(17)12-16)21-4-2-3-5-22(21)29(30,31)32/h2-9,12-13,24-25,35H,10-11,14-15H2,1H3,(H,33,34). The van der Waals surface area contributed by atoms with E-state index in [4.69, 9.17) is 4.74 Å². The van der Waals surface area contributed by atoms with Crippen molar-refractivity contribution in [3.8, 4) is 5.75 Å². The Labute approximate surface area is 206 Å². The smallest absolute Gasteiger partial charge is 0.416 e. The van der Waals surface area contributed by atoms with Gasteiger partial charge in [0.15, 0.2) is 0 Å². The zero-order valence-electron chi connectivity index (χ0n) is 19.6. The van der Waals surface area contributed by atoms with Gasteiger partial charge in [-0.05, 0) is 77.3 Å². The lowest BCUT2D eigenvalue weighted by Crippen LogP contribution is -2.28. The Morgan fingerprint density at radius 2 is 1.81 bits per heavy atom. The Balaban J connectivity index is 1.24. The van der Waals surface area contributed by atoms with E-state index in [1.54, 1.807) is 6.07 Å². The van der Waals surface area contributed by atoms with Gasteiger partial charge in [-0.3, -0.25) is 4.79 Å². The summed E-state index contributed by atoms with van der Waals surface area (Å²) in [4.78, 5) is 11.5. The SMILES string of the molecule is CC12c3ccc(OCc4ccc5c(c4)C(O)(c4ccccc4C(F)(F)F)CC5)cc3CC1C2C(=O)O. The van der Waals surface area contributed by atoms with Crippen LogP contribution >= 0.6 is 0 Å². The van der Waals surface area contributed by atoms with Crippen LogP contribution in [-0.4, -0.2) is 16.2 Å². The first-order valence-corrected chi connectivity index (χ1v) is 12.0. The van der Waals surface area contributed by atoms with Crippen LogP contribution in [0.2, 0.25) is 0 Å². The van der Waals surface area contributed by atoms with E-state index in [-0.39, 0.29) is 35.8 Å². The van der Waals surface area contributed by atoms with E-state index in [9.17, 15) is 28.2 Å². The third-order valence-electron chi connectivity index (χ3n) is 8.53. The fourth-order valence-corrected chi connectivity index (χ4v) is 6.62. The molecule has 3 aliphatic rings. The molecule has 1 fully saturated rings. The fourth-order valence-electron chi connectivity index (χ4n) is 6.62. The van der Waals surface area contributed by atoms with Gasteiger partial charge in [0, 0.05) is 11.0 Å². The molecule has 4 nitrogen and oxygen atoms in total. The van der Waals surface area contributed by atoms with Crippen molar-refractivity contribution < 1.29 is 32.9 Å². The van der Waals surface area contributed by atoms with Crippen molar-refractivity contribution in [2.45, 2.75) is 50.0 Å². The fraction of sp³-hybridized carbons (Fsp3) is 0.345. The van der Waals surface area contributed by atoms with Gasteiger partial charge < -0.3 is 14.9 Å². The van der Waals surface area contributed by atoms with Gasteiger partial charge in [-0.1, -0.05) is 43.3 Å². The molecule has 186 valence electrons. The van der Waals surface area contributed by atoms with Crippen molar-refractivity contribution in [1.82, 2.24) is 0 Å². The molecule has 7 heteroatoms. The number of halogens is 3.